The summed E-state index contributed by atoms with van der Waals surface area (Å²) in [5.74, 6) is 0.492. The summed E-state index contributed by atoms with van der Waals surface area (Å²) >= 11 is 0. The van der Waals surface area contributed by atoms with Gasteiger partial charge in [0.2, 0.25) is 11.8 Å². The maximum atomic E-state index is 12.4. The number of piperidine rings is 1. The maximum Gasteiger partial charge on any atom is 0.234 e. The number of nitrogens with zero attached hydrogens (tertiary/aromatic N) is 1. The molecular weight excluding hydrogens is 230 g/mol. The third kappa shape index (κ3) is 2.72. The summed E-state index contributed by atoms with van der Waals surface area (Å²) in [4.78, 5) is 12.4. The van der Waals surface area contributed by atoms with Gasteiger partial charge in [-0.2, -0.15) is 0 Å². The summed E-state index contributed by atoms with van der Waals surface area (Å²) < 4.78 is 5.05. The van der Waals surface area contributed by atoms with Crippen molar-refractivity contribution < 1.29 is 9.32 Å². The lowest BCUT2D eigenvalue weighted by atomic mass is 9.76. The van der Waals surface area contributed by atoms with Crippen LogP contribution in [0.1, 0.15) is 38.3 Å². The molecule has 2 heterocycles. The van der Waals surface area contributed by atoms with Gasteiger partial charge >= 0.3 is 0 Å². The highest BCUT2D eigenvalue weighted by Crippen LogP contribution is 2.33. The van der Waals surface area contributed by atoms with Gasteiger partial charge in [0.05, 0.1) is 11.1 Å². The molecule has 0 spiro atoms. The van der Waals surface area contributed by atoms with Crippen LogP contribution in [0.5, 0.6) is 0 Å². The van der Waals surface area contributed by atoms with E-state index in [1.54, 1.807) is 6.07 Å². The summed E-state index contributed by atoms with van der Waals surface area (Å²) in [7, 11) is 0. The highest BCUT2D eigenvalue weighted by molar-refractivity contribution is 5.94. The lowest BCUT2D eigenvalue weighted by molar-refractivity contribution is -0.127. The number of carbonyl (C=O) groups is 1. The third-order valence-electron chi connectivity index (χ3n) is 3.55. The van der Waals surface area contributed by atoms with E-state index in [2.05, 4.69) is 22.7 Å². The Labute approximate surface area is 107 Å². The first-order chi connectivity index (χ1) is 8.66. The molecule has 5 nitrogen and oxygen atoms in total. The van der Waals surface area contributed by atoms with Crippen LogP contribution in [0, 0.1) is 12.3 Å². The van der Waals surface area contributed by atoms with Gasteiger partial charge in [0.25, 0.3) is 0 Å². The van der Waals surface area contributed by atoms with Crippen molar-refractivity contribution in [1.29, 1.82) is 0 Å². The lowest BCUT2D eigenvalue weighted by Crippen LogP contribution is -2.48. The molecule has 1 atom stereocenters. The molecule has 0 aliphatic carbocycles. The molecule has 1 aromatic rings. The first kappa shape index (κ1) is 13.1. The van der Waals surface area contributed by atoms with Crippen LogP contribution >= 0.6 is 0 Å². The number of aryl methyl sites for hydroxylation is 1. The molecule has 2 rings (SSSR count). The predicted molar refractivity (Wildman–Crippen MR) is 69.3 cm³/mol. The first-order valence-corrected chi connectivity index (χ1v) is 6.62. The molecule has 100 valence electrons. The summed E-state index contributed by atoms with van der Waals surface area (Å²) in [6.07, 6.45) is 3.89. The van der Waals surface area contributed by atoms with Gasteiger partial charge in [0.1, 0.15) is 0 Å². The molecule has 1 aromatic heterocycles. The molecule has 0 radical (unpaired) electrons. The number of amides is 1. The molecule has 5 heteroatoms. The minimum absolute atomic E-state index is 0.0488. The molecule has 1 fully saturated rings. The van der Waals surface area contributed by atoms with Gasteiger partial charge in [0, 0.05) is 12.6 Å². The average Bonchev–Trinajstić information content (AvgIpc) is 2.76. The van der Waals surface area contributed by atoms with Crippen LogP contribution in [0.2, 0.25) is 0 Å². The van der Waals surface area contributed by atoms with Crippen LogP contribution in [0.4, 0.5) is 5.88 Å². The van der Waals surface area contributed by atoms with E-state index in [0.29, 0.717) is 5.88 Å². The van der Waals surface area contributed by atoms with Gasteiger partial charge in [-0.3, -0.25) is 10.1 Å². The quantitative estimate of drug-likeness (QED) is 0.860. The van der Waals surface area contributed by atoms with E-state index in [4.69, 9.17) is 4.52 Å². The number of rotatable bonds is 4. The fourth-order valence-electron chi connectivity index (χ4n) is 2.63. The van der Waals surface area contributed by atoms with Crippen molar-refractivity contribution in [2.24, 2.45) is 5.41 Å². The first-order valence-electron chi connectivity index (χ1n) is 6.62. The Morgan fingerprint density at radius 2 is 2.50 bits per heavy atom. The van der Waals surface area contributed by atoms with E-state index in [9.17, 15) is 4.79 Å². The van der Waals surface area contributed by atoms with Crippen LogP contribution in [0.3, 0.4) is 0 Å². The van der Waals surface area contributed by atoms with Crippen LogP contribution in [-0.2, 0) is 4.79 Å². The largest absolute Gasteiger partial charge is 0.338 e. The standard InChI is InChI=1S/C13H21N3O2/c1-3-5-13(6-4-7-14-9-13)12(17)15-11-8-10(2)16-18-11/h8,14H,3-7,9H2,1-2H3,(H,15,17). The second-order valence-electron chi connectivity index (χ2n) is 5.10. The molecule has 1 amide bonds. The number of nitrogens with one attached hydrogen (secondary N) is 2. The number of hydrogen-bond acceptors (Lipinski definition) is 4. The Morgan fingerprint density at radius 1 is 1.67 bits per heavy atom. The summed E-state index contributed by atoms with van der Waals surface area (Å²) in [6, 6.07) is 1.74. The Bertz CT molecular complexity index is 403. The average molecular weight is 251 g/mol. The van der Waals surface area contributed by atoms with Gasteiger partial charge < -0.3 is 9.84 Å². The smallest absolute Gasteiger partial charge is 0.234 e. The van der Waals surface area contributed by atoms with Gasteiger partial charge in [0.15, 0.2) is 0 Å². The molecule has 0 saturated carbocycles. The normalized spacial score (nSPS) is 23.9. The molecule has 1 aliphatic heterocycles. The van der Waals surface area contributed by atoms with Crippen molar-refractivity contribution in [2.45, 2.75) is 39.5 Å². The Kier molecular flexibility index (Phi) is 4.01. The summed E-state index contributed by atoms with van der Waals surface area (Å²) in [5, 5.41) is 9.95. The van der Waals surface area contributed by atoms with Crippen molar-refractivity contribution in [3.05, 3.63) is 11.8 Å². The van der Waals surface area contributed by atoms with Crippen molar-refractivity contribution in [3.8, 4) is 0 Å². The minimum Gasteiger partial charge on any atom is -0.338 e. The minimum atomic E-state index is -0.298. The highest BCUT2D eigenvalue weighted by Gasteiger charge is 2.39. The molecule has 0 bridgehead atoms. The second kappa shape index (κ2) is 5.52. The highest BCUT2D eigenvalue weighted by atomic mass is 16.5. The van der Waals surface area contributed by atoms with Gasteiger partial charge in [-0.15, -0.1) is 0 Å². The monoisotopic (exact) mass is 251 g/mol. The van der Waals surface area contributed by atoms with Crippen LogP contribution in [0.15, 0.2) is 10.6 Å². The lowest BCUT2D eigenvalue weighted by Gasteiger charge is -2.35. The number of aromatic nitrogens is 1. The summed E-state index contributed by atoms with van der Waals surface area (Å²) in [6.45, 7) is 5.70. The van der Waals surface area contributed by atoms with E-state index in [1.807, 2.05) is 6.92 Å². The maximum absolute atomic E-state index is 12.4. The van der Waals surface area contributed by atoms with Crippen LogP contribution in [-0.4, -0.2) is 24.2 Å². The molecule has 1 aliphatic rings. The van der Waals surface area contributed by atoms with E-state index in [-0.39, 0.29) is 11.3 Å². The molecule has 2 N–H and O–H groups in total. The molecule has 1 saturated heterocycles. The Hall–Kier alpha value is -1.36. The fraction of sp³-hybridized carbons (Fsp3) is 0.692. The zero-order valence-electron chi connectivity index (χ0n) is 11.1. The van der Waals surface area contributed by atoms with Crippen molar-refractivity contribution in [3.63, 3.8) is 0 Å². The van der Waals surface area contributed by atoms with E-state index in [1.165, 1.54) is 0 Å². The zero-order chi connectivity index (χ0) is 13.0. The zero-order valence-corrected chi connectivity index (χ0v) is 11.1. The number of carbonyl (C=O) groups excluding carboxylic acids is 1. The SMILES string of the molecule is CCCC1(C(=O)Nc2cc(C)no2)CCCNC1. The number of hydrogen-bond donors (Lipinski definition) is 2. The fourth-order valence-corrected chi connectivity index (χ4v) is 2.63. The van der Waals surface area contributed by atoms with Gasteiger partial charge in [-0.05, 0) is 32.7 Å². The Balaban J connectivity index is 2.08. The van der Waals surface area contributed by atoms with Gasteiger partial charge in [-0.1, -0.05) is 18.5 Å². The predicted octanol–water partition coefficient (Wildman–Crippen LogP) is 2.09. The molecule has 0 aromatic carbocycles. The second-order valence-corrected chi connectivity index (χ2v) is 5.10. The number of anilines is 1. The van der Waals surface area contributed by atoms with Crippen molar-refractivity contribution in [1.82, 2.24) is 10.5 Å². The molecular formula is C13H21N3O2. The van der Waals surface area contributed by atoms with Gasteiger partial charge in [-0.25, -0.2) is 0 Å². The molecule has 1 unspecified atom stereocenters. The Morgan fingerprint density at radius 3 is 3.06 bits per heavy atom. The summed E-state index contributed by atoms with van der Waals surface area (Å²) in [5.41, 5.74) is 0.477. The van der Waals surface area contributed by atoms with Crippen molar-refractivity contribution >= 4 is 11.8 Å². The van der Waals surface area contributed by atoms with Crippen LogP contribution < -0.4 is 10.6 Å². The topological polar surface area (TPSA) is 67.2 Å². The van der Waals surface area contributed by atoms with E-state index in [0.717, 1.165) is 44.5 Å². The van der Waals surface area contributed by atoms with E-state index >= 15 is 0 Å². The van der Waals surface area contributed by atoms with E-state index < -0.39 is 0 Å². The molecule has 18 heavy (non-hydrogen) atoms. The van der Waals surface area contributed by atoms with Crippen molar-refractivity contribution in [2.75, 3.05) is 18.4 Å². The van der Waals surface area contributed by atoms with Crippen LogP contribution in [0.25, 0.3) is 0 Å². The third-order valence-corrected chi connectivity index (χ3v) is 3.55.